The van der Waals surface area contributed by atoms with Crippen LogP contribution in [0.5, 0.6) is 0 Å². The van der Waals surface area contributed by atoms with E-state index in [2.05, 4.69) is 31.2 Å². The van der Waals surface area contributed by atoms with Crippen LogP contribution >= 0.6 is 28.3 Å². The number of likely N-dealkylation sites (tertiary alicyclic amines) is 1. The van der Waals surface area contributed by atoms with Crippen molar-refractivity contribution >= 4 is 28.3 Å². The van der Waals surface area contributed by atoms with Crippen molar-refractivity contribution < 1.29 is 0 Å². The van der Waals surface area contributed by atoms with E-state index in [0.29, 0.717) is 0 Å². The van der Waals surface area contributed by atoms with E-state index in [1.54, 1.807) is 0 Å². The highest BCUT2D eigenvalue weighted by atomic mass is 79.9. The van der Waals surface area contributed by atoms with Crippen LogP contribution in [-0.2, 0) is 13.6 Å². The highest BCUT2D eigenvalue weighted by Crippen LogP contribution is 2.24. The second-order valence-electron chi connectivity index (χ2n) is 5.25. The molecule has 0 spiro atoms. The Kier molecular flexibility index (Phi) is 6.80. The summed E-state index contributed by atoms with van der Waals surface area (Å²) in [7, 11) is 4.07. The maximum absolute atomic E-state index is 4.45. The van der Waals surface area contributed by atoms with Crippen LogP contribution in [0.1, 0.15) is 24.2 Å². The van der Waals surface area contributed by atoms with Gasteiger partial charge in [-0.2, -0.15) is 5.10 Å². The van der Waals surface area contributed by atoms with Gasteiger partial charge < -0.3 is 5.32 Å². The smallest absolute Gasteiger partial charge is 0.0739 e. The predicted octanol–water partition coefficient (Wildman–Crippen LogP) is 2.34. The van der Waals surface area contributed by atoms with Crippen molar-refractivity contribution in [2.45, 2.75) is 26.3 Å². The first-order chi connectivity index (χ1) is 8.61. The minimum atomic E-state index is 0. The number of nitrogens with zero attached hydrogens (tertiary/aromatic N) is 3. The number of aromatic nitrogens is 2. The Morgan fingerprint density at radius 2 is 2.00 bits per heavy atom. The fraction of sp³-hybridized carbons (Fsp3) is 0.769. The Hall–Kier alpha value is -0.100. The molecule has 1 aliphatic heterocycles. The zero-order chi connectivity index (χ0) is 13.1. The van der Waals surface area contributed by atoms with Crippen LogP contribution in [0, 0.1) is 12.8 Å². The average Bonchev–Trinajstić information content (AvgIpc) is 2.59. The Bertz CT molecular complexity index is 400. The molecule has 19 heavy (non-hydrogen) atoms. The van der Waals surface area contributed by atoms with E-state index in [1.807, 2.05) is 25.7 Å². The van der Waals surface area contributed by atoms with E-state index >= 15 is 0 Å². The fourth-order valence-electron chi connectivity index (χ4n) is 2.70. The van der Waals surface area contributed by atoms with Crippen LogP contribution in [0.4, 0.5) is 0 Å². The summed E-state index contributed by atoms with van der Waals surface area (Å²) in [5, 5.41) is 7.74. The van der Waals surface area contributed by atoms with Gasteiger partial charge in [-0.1, -0.05) is 0 Å². The summed E-state index contributed by atoms with van der Waals surface area (Å²) in [4.78, 5) is 2.54. The minimum Gasteiger partial charge on any atom is -0.319 e. The quantitative estimate of drug-likeness (QED) is 0.904. The molecule has 110 valence electrons. The van der Waals surface area contributed by atoms with Gasteiger partial charge in [-0.3, -0.25) is 9.58 Å². The third-order valence-electron chi connectivity index (χ3n) is 3.83. The normalized spacial score (nSPS) is 17.5. The summed E-state index contributed by atoms with van der Waals surface area (Å²) in [6, 6.07) is 0. The van der Waals surface area contributed by atoms with E-state index in [9.17, 15) is 0 Å². The van der Waals surface area contributed by atoms with Crippen LogP contribution in [0.3, 0.4) is 0 Å². The molecular weight excluding hydrogens is 328 g/mol. The summed E-state index contributed by atoms with van der Waals surface area (Å²) in [5.74, 6) is 0.850. The van der Waals surface area contributed by atoms with Crippen molar-refractivity contribution in [1.82, 2.24) is 20.0 Å². The molecule has 0 amide bonds. The van der Waals surface area contributed by atoms with Crippen molar-refractivity contribution in [1.29, 1.82) is 0 Å². The number of hydrogen-bond donors (Lipinski definition) is 1. The molecule has 0 radical (unpaired) electrons. The molecule has 1 aromatic rings. The third-order valence-corrected chi connectivity index (χ3v) is 4.87. The molecule has 0 saturated carbocycles. The van der Waals surface area contributed by atoms with Crippen molar-refractivity contribution in [3.05, 3.63) is 15.9 Å². The summed E-state index contributed by atoms with van der Waals surface area (Å²) >= 11 is 3.64. The molecule has 1 aromatic heterocycles. The summed E-state index contributed by atoms with van der Waals surface area (Å²) in [6.45, 7) is 6.60. The van der Waals surface area contributed by atoms with Gasteiger partial charge >= 0.3 is 0 Å². The maximum Gasteiger partial charge on any atom is 0.0739 e. The van der Waals surface area contributed by atoms with Gasteiger partial charge in [-0.05, 0) is 68.3 Å². The highest BCUT2D eigenvalue weighted by Gasteiger charge is 2.21. The van der Waals surface area contributed by atoms with Gasteiger partial charge in [0.25, 0.3) is 0 Å². The number of hydrogen-bond acceptors (Lipinski definition) is 3. The molecule has 0 bridgehead atoms. The first-order valence-electron chi connectivity index (χ1n) is 6.66. The van der Waals surface area contributed by atoms with Gasteiger partial charge in [-0.25, -0.2) is 0 Å². The van der Waals surface area contributed by atoms with Gasteiger partial charge in [0, 0.05) is 13.6 Å². The molecule has 0 atom stereocenters. The number of piperidine rings is 1. The Morgan fingerprint density at radius 3 is 2.47 bits per heavy atom. The molecular formula is C13H24BrClN4. The van der Waals surface area contributed by atoms with Crippen molar-refractivity contribution in [3.63, 3.8) is 0 Å². The van der Waals surface area contributed by atoms with Crippen molar-refractivity contribution in [3.8, 4) is 0 Å². The summed E-state index contributed by atoms with van der Waals surface area (Å²) in [5.41, 5.74) is 2.37. The molecule has 6 heteroatoms. The second-order valence-corrected chi connectivity index (χ2v) is 6.04. The van der Waals surface area contributed by atoms with Crippen molar-refractivity contribution in [2.24, 2.45) is 13.0 Å². The second kappa shape index (κ2) is 7.62. The highest BCUT2D eigenvalue weighted by molar-refractivity contribution is 9.10. The lowest BCUT2D eigenvalue weighted by molar-refractivity contribution is 0.173. The third kappa shape index (κ3) is 4.18. The van der Waals surface area contributed by atoms with Gasteiger partial charge in [0.2, 0.25) is 0 Å². The van der Waals surface area contributed by atoms with E-state index in [-0.39, 0.29) is 12.4 Å². The van der Waals surface area contributed by atoms with Crippen LogP contribution < -0.4 is 5.32 Å². The minimum absolute atomic E-state index is 0. The maximum atomic E-state index is 4.45. The molecule has 0 unspecified atom stereocenters. The monoisotopic (exact) mass is 350 g/mol. The SMILES string of the molecule is CNCC1CCN(Cc2c(Br)c(C)nn2C)CC1.Cl. The van der Waals surface area contributed by atoms with Crippen LogP contribution in [0.15, 0.2) is 4.47 Å². The average molecular weight is 352 g/mol. The number of nitrogens with one attached hydrogen (secondary N) is 1. The molecule has 1 N–H and O–H groups in total. The van der Waals surface area contributed by atoms with Gasteiger partial charge in [0.1, 0.15) is 0 Å². The molecule has 2 heterocycles. The topological polar surface area (TPSA) is 33.1 Å². The first kappa shape index (κ1) is 17.0. The van der Waals surface area contributed by atoms with Crippen LogP contribution in [-0.4, -0.2) is 41.4 Å². The standard InChI is InChI=1S/C13H23BrN4.ClH/c1-10-13(14)12(17(3)16-10)9-18-6-4-11(5-7-18)8-15-2;/h11,15H,4-9H2,1-3H3;1H. The Labute approximate surface area is 130 Å². The molecule has 4 nitrogen and oxygen atoms in total. The molecule has 0 aliphatic carbocycles. The Balaban J connectivity index is 0.00000180. The molecule has 1 saturated heterocycles. The Morgan fingerprint density at radius 1 is 1.37 bits per heavy atom. The summed E-state index contributed by atoms with van der Waals surface area (Å²) < 4.78 is 3.17. The summed E-state index contributed by atoms with van der Waals surface area (Å²) in [6.07, 6.45) is 2.60. The largest absolute Gasteiger partial charge is 0.319 e. The van der Waals surface area contributed by atoms with Gasteiger partial charge in [0.15, 0.2) is 0 Å². The molecule has 1 fully saturated rings. The van der Waals surface area contributed by atoms with Crippen molar-refractivity contribution in [2.75, 3.05) is 26.7 Å². The number of halogens is 2. The fourth-order valence-corrected chi connectivity index (χ4v) is 3.16. The van der Waals surface area contributed by atoms with E-state index in [0.717, 1.165) is 24.7 Å². The zero-order valence-corrected chi connectivity index (χ0v) is 14.4. The first-order valence-corrected chi connectivity index (χ1v) is 7.46. The van der Waals surface area contributed by atoms with E-state index in [4.69, 9.17) is 0 Å². The van der Waals surface area contributed by atoms with Gasteiger partial charge in [0.05, 0.1) is 15.9 Å². The number of rotatable bonds is 4. The lowest BCUT2D eigenvalue weighted by Gasteiger charge is -2.31. The molecule has 2 rings (SSSR count). The lowest BCUT2D eigenvalue weighted by Crippen LogP contribution is -2.36. The predicted molar refractivity (Wildman–Crippen MR) is 84.8 cm³/mol. The van der Waals surface area contributed by atoms with E-state index in [1.165, 1.54) is 36.1 Å². The van der Waals surface area contributed by atoms with Crippen LogP contribution in [0.25, 0.3) is 0 Å². The van der Waals surface area contributed by atoms with Crippen LogP contribution in [0.2, 0.25) is 0 Å². The van der Waals surface area contributed by atoms with Gasteiger partial charge in [-0.15, -0.1) is 12.4 Å². The lowest BCUT2D eigenvalue weighted by atomic mass is 9.97. The number of aryl methyl sites for hydroxylation is 2. The molecule has 0 aromatic carbocycles. The van der Waals surface area contributed by atoms with E-state index < -0.39 is 0 Å². The zero-order valence-electron chi connectivity index (χ0n) is 11.9. The molecule has 1 aliphatic rings.